The van der Waals surface area contributed by atoms with Crippen molar-refractivity contribution in [3.63, 3.8) is 0 Å². The first-order chi connectivity index (χ1) is 10.6. The number of amides is 2. The molecule has 0 unspecified atom stereocenters. The van der Waals surface area contributed by atoms with Crippen molar-refractivity contribution in [3.8, 4) is 0 Å². The molecule has 1 aromatic rings. The van der Waals surface area contributed by atoms with Gasteiger partial charge in [-0.2, -0.15) is 5.10 Å². The van der Waals surface area contributed by atoms with E-state index in [9.17, 15) is 9.59 Å². The Hall–Kier alpha value is -1.50. The molecule has 0 radical (unpaired) electrons. The molecule has 0 spiro atoms. The molecule has 0 saturated carbocycles. The Morgan fingerprint density at radius 3 is 2.91 bits per heavy atom. The van der Waals surface area contributed by atoms with Gasteiger partial charge in [0.2, 0.25) is 11.8 Å². The third-order valence-corrected chi connectivity index (χ3v) is 5.40. The molecule has 2 amide bonds. The average molecular weight is 322 g/mol. The van der Waals surface area contributed by atoms with Gasteiger partial charge in [0.05, 0.1) is 18.1 Å². The first-order valence-electron chi connectivity index (χ1n) is 7.71. The van der Waals surface area contributed by atoms with Gasteiger partial charge in [-0.25, -0.2) is 0 Å². The van der Waals surface area contributed by atoms with Crippen LogP contribution in [-0.2, 0) is 9.59 Å². The van der Waals surface area contributed by atoms with Crippen LogP contribution in [-0.4, -0.2) is 62.2 Å². The number of aromatic nitrogens is 2. The molecule has 22 heavy (non-hydrogen) atoms. The summed E-state index contributed by atoms with van der Waals surface area (Å²) in [5, 5.41) is 4.38. The molecule has 2 fully saturated rings. The van der Waals surface area contributed by atoms with Crippen LogP contribution in [0.3, 0.4) is 0 Å². The van der Waals surface area contributed by atoms with E-state index < -0.39 is 0 Å². The maximum absolute atomic E-state index is 12.8. The van der Waals surface area contributed by atoms with Crippen molar-refractivity contribution in [1.82, 2.24) is 19.6 Å². The van der Waals surface area contributed by atoms with Crippen LogP contribution in [0.25, 0.3) is 0 Å². The Labute approximate surface area is 134 Å². The van der Waals surface area contributed by atoms with Crippen LogP contribution >= 0.6 is 11.8 Å². The quantitative estimate of drug-likeness (QED) is 0.823. The molecular formula is C15H22N4O2S. The van der Waals surface area contributed by atoms with Crippen molar-refractivity contribution in [2.24, 2.45) is 0 Å². The summed E-state index contributed by atoms with van der Waals surface area (Å²) < 4.78 is 1.97. The van der Waals surface area contributed by atoms with Crippen molar-refractivity contribution in [1.29, 1.82) is 0 Å². The van der Waals surface area contributed by atoms with Crippen LogP contribution in [0.1, 0.15) is 31.4 Å². The molecule has 3 rings (SSSR count). The number of nitrogens with zero attached hydrogens (tertiary/aromatic N) is 4. The molecule has 6 nitrogen and oxygen atoms in total. The zero-order chi connectivity index (χ0) is 15.7. The van der Waals surface area contributed by atoms with Crippen LogP contribution in [0.5, 0.6) is 0 Å². The van der Waals surface area contributed by atoms with Gasteiger partial charge in [0.15, 0.2) is 0 Å². The van der Waals surface area contributed by atoms with Crippen LogP contribution < -0.4 is 0 Å². The minimum atomic E-state index is -0.291. The maximum Gasteiger partial charge on any atom is 0.246 e. The van der Waals surface area contributed by atoms with E-state index in [4.69, 9.17) is 0 Å². The molecule has 2 atom stereocenters. The van der Waals surface area contributed by atoms with Crippen molar-refractivity contribution in [2.75, 3.05) is 24.7 Å². The SMILES string of the molecule is CC(=O)N1CSC[C@@H]1C(=O)N1CCC[C@H](n2cc(C)cn2)C1. The summed E-state index contributed by atoms with van der Waals surface area (Å²) in [6.45, 7) is 5.03. The number of piperidine rings is 1. The summed E-state index contributed by atoms with van der Waals surface area (Å²) in [4.78, 5) is 28.0. The second kappa shape index (κ2) is 6.32. The summed E-state index contributed by atoms with van der Waals surface area (Å²) >= 11 is 1.65. The number of likely N-dealkylation sites (tertiary alicyclic amines) is 1. The Morgan fingerprint density at radius 2 is 2.23 bits per heavy atom. The summed E-state index contributed by atoms with van der Waals surface area (Å²) in [5.74, 6) is 1.41. The molecule has 2 aliphatic heterocycles. The lowest BCUT2D eigenvalue weighted by Crippen LogP contribution is -2.51. The summed E-state index contributed by atoms with van der Waals surface area (Å²) in [7, 11) is 0. The molecule has 7 heteroatoms. The van der Waals surface area contributed by atoms with Gasteiger partial charge in [0, 0.05) is 32.0 Å². The third kappa shape index (κ3) is 2.99. The van der Waals surface area contributed by atoms with E-state index in [2.05, 4.69) is 5.10 Å². The van der Waals surface area contributed by atoms with E-state index in [1.807, 2.05) is 28.9 Å². The molecule has 0 bridgehead atoms. The van der Waals surface area contributed by atoms with Crippen molar-refractivity contribution < 1.29 is 9.59 Å². The second-order valence-electron chi connectivity index (χ2n) is 6.08. The largest absolute Gasteiger partial charge is 0.339 e. The predicted molar refractivity (Wildman–Crippen MR) is 85.4 cm³/mol. The van der Waals surface area contributed by atoms with Gasteiger partial charge < -0.3 is 9.80 Å². The van der Waals surface area contributed by atoms with Crippen LogP contribution in [0, 0.1) is 6.92 Å². The molecule has 120 valence electrons. The molecule has 0 aromatic carbocycles. The molecule has 2 saturated heterocycles. The first-order valence-corrected chi connectivity index (χ1v) is 8.86. The third-order valence-electron chi connectivity index (χ3n) is 4.38. The van der Waals surface area contributed by atoms with Crippen LogP contribution in [0.15, 0.2) is 12.4 Å². The van der Waals surface area contributed by atoms with Gasteiger partial charge in [-0.1, -0.05) is 0 Å². The van der Waals surface area contributed by atoms with Crippen LogP contribution in [0.2, 0.25) is 0 Å². The zero-order valence-electron chi connectivity index (χ0n) is 13.1. The van der Waals surface area contributed by atoms with E-state index in [0.29, 0.717) is 18.2 Å². The molecule has 1 aromatic heterocycles. The lowest BCUT2D eigenvalue weighted by Gasteiger charge is -2.35. The number of aryl methyl sites for hydroxylation is 1. The average Bonchev–Trinajstić information content (AvgIpc) is 3.15. The Bertz CT molecular complexity index is 574. The van der Waals surface area contributed by atoms with Crippen LogP contribution in [0.4, 0.5) is 0 Å². The van der Waals surface area contributed by atoms with E-state index in [-0.39, 0.29) is 23.9 Å². The van der Waals surface area contributed by atoms with Gasteiger partial charge in [0.25, 0.3) is 0 Å². The monoisotopic (exact) mass is 322 g/mol. The molecule has 0 N–H and O–H groups in total. The highest BCUT2D eigenvalue weighted by Gasteiger charge is 2.37. The lowest BCUT2D eigenvalue weighted by molar-refractivity contribution is -0.143. The summed E-state index contributed by atoms with van der Waals surface area (Å²) in [6, 6.07) is -0.0492. The zero-order valence-corrected chi connectivity index (χ0v) is 13.9. The Balaban J connectivity index is 1.69. The van der Waals surface area contributed by atoms with E-state index >= 15 is 0 Å². The van der Waals surface area contributed by atoms with Gasteiger partial charge in [-0.3, -0.25) is 14.3 Å². The normalized spacial score (nSPS) is 25.5. The Morgan fingerprint density at radius 1 is 1.41 bits per heavy atom. The van der Waals surface area contributed by atoms with E-state index in [0.717, 1.165) is 24.9 Å². The summed E-state index contributed by atoms with van der Waals surface area (Å²) in [5.41, 5.74) is 1.14. The Kier molecular flexibility index (Phi) is 4.42. The number of thioether (sulfide) groups is 1. The molecule has 2 aliphatic rings. The fourth-order valence-electron chi connectivity index (χ4n) is 3.17. The van der Waals surface area contributed by atoms with Crippen molar-refractivity contribution >= 4 is 23.6 Å². The number of carbonyl (C=O) groups is 2. The lowest BCUT2D eigenvalue weighted by atomic mass is 10.0. The van der Waals surface area contributed by atoms with E-state index in [1.165, 1.54) is 6.92 Å². The van der Waals surface area contributed by atoms with Crippen molar-refractivity contribution in [2.45, 2.75) is 38.8 Å². The minimum absolute atomic E-state index is 0.0142. The van der Waals surface area contributed by atoms with Crippen molar-refractivity contribution in [3.05, 3.63) is 18.0 Å². The minimum Gasteiger partial charge on any atom is -0.339 e. The number of rotatable bonds is 2. The number of hydrogen-bond donors (Lipinski definition) is 0. The standard InChI is InChI=1S/C15H22N4O2S/c1-11-6-16-19(7-11)13-4-3-5-17(8-13)15(21)14-9-22-10-18(14)12(2)20/h6-7,13-14H,3-5,8-10H2,1-2H3/t13-,14+/m0/s1. The maximum atomic E-state index is 12.8. The van der Waals surface area contributed by atoms with Gasteiger partial charge in [0.1, 0.15) is 6.04 Å². The van der Waals surface area contributed by atoms with Gasteiger partial charge >= 0.3 is 0 Å². The van der Waals surface area contributed by atoms with E-state index in [1.54, 1.807) is 16.7 Å². The highest BCUT2D eigenvalue weighted by atomic mass is 32.2. The first kappa shape index (κ1) is 15.4. The second-order valence-corrected chi connectivity index (χ2v) is 7.08. The fraction of sp³-hybridized carbons (Fsp3) is 0.667. The summed E-state index contributed by atoms with van der Waals surface area (Å²) in [6.07, 6.45) is 5.91. The number of carbonyl (C=O) groups excluding carboxylic acids is 2. The topological polar surface area (TPSA) is 58.4 Å². The number of hydrogen-bond acceptors (Lipinski definition) is 4. The highest BCUT2D eigenvalue weighted by Crippen LogP contribution is 2.26. The molecule has 3 heterocycles. The smallest absolute Gasteiger partial charge is 0.246 e. The highest BCUT2D eigenvalue weighted by molar-refractivity contribution is 7.99. The molecular weight excluding hydrogens is 300 g/mol. The fourth-order valence-corrected chi connectivity index (χ4v) is 4.38. The van der Waals surface area contributed by atoms with Gasteiger partial charge in [-0.05, 0) is 25.3 Å². The predicted octanol–water partition coefficient (Wildman–Crippen LogP) is 1.28. The van der Waals surface area contributed by atoms with Gasteiger partial charge in [-0.15, -0.1) is 11.8 Å². The molecule has 0 aliphatic carbocycles.